The molecule has 0 N–H and O–H groups in total. The standard InChI is InChI=1S/C32H50O5/c1-7-14-33-23-12-13-30(4)22(19-23)20-26(34-15-8-2)29-24-10-11-27(32(6)36-17-18-37-32)31(24,5)28(21-25(29)30)35-16-9-3/h7-9,22-29H,1-3,10-21H2,4-6H3/t22?,23-,24+,25+,26-,27+,28+,29?,30+,31+/m1/s1. The number of hydrogen-bond donors (Lipinski definition) is 0. The Kier molecular flexibility index (Phi) is 8.11. The highest BCUT2D eigenvalue weighted by atomic mass is 16.7. The van der Waals surface area contributed by atoms with Gasteiger partial charge in [-0.15, -0.1) is 19.7 Å². The lowest BCUT2D eigenvalue weighted by Crippen LogP contribution is -2.64. The summed E-state index contributed by atoms with van der Waals surface area (Å²) in [6.07, 6.45) is 14.3. The van der Waals surface area contributed by atoms with Crippen molar-refractivity contribution in [3.63, 3.8) is 0 Å². The Hall–Kier alpha value is -0.980. The molecule has 0 bridgehead atoms. The molecule has 5 aliphatic rings. The Morgan fingerprint density at radius 1 is 0.784 bits per heavy atom. The highest BCUT2D eigenvalue weighted by molar-refractivity contribution is 5.16. The molecule has 5 fully saturated rings. The molecule has 4 saturated carbocycles. The van der Waals surface area contributed by atoms with Crippen LogP contribution in [0.2, 0.25) is 0 Å². The molecule has 1 saturated heterocycles. The zero-order valence-electron chi connectivity index (χ0n) is 23.5. The van der Waals surface area contributed by atoms with Crippen LogP contribution in [0.15, 0.2) is 38.0 Å². The fourth-order valence-electron chi connectivity index (χ4n) is 9.83. The average molecular weight is 515 g/mol. The molecule has 5 rings (SSSR count). The lowest BCUT2D eigenvalue weighted by molar-refractivity contribution is -0.260. The van der Waals surface area contributed by atoms with Gasteiger partial charge in [-0.2, -0.15) is 0 Å². The second-order valence-electron chi connectivity index (χ2n) is 13.0. The minimum Gasteiger partial charge on any atom is -0.374 e. The van der Waals surface area contributed by atoms with Crippen molar-refractivity contribution in [3.8, 4) is 0 Å². The van der Waals surface area contributed by atoms with E-state index < -0.39 is 5.79 Å². The Morgan fingerprint density at radius 2 is 1.46 bits per heavy atom. The first-order chi connectivity index (χ1) is 17.8. The summed E-state index contributed by atoms with van der Waals surface area (Å²) in [5, 5.41) is 0. The third kappa shape index (κ3) is 4.61. The van der Waals surface area contributed by atoms with E-state index in [0.717, 1.165) is 32.1 Å². The van der Waals surface area contributed by atoms with Crippen molar-refractivity contribution in [3.05, 3.63) is 38.0 Å². The molecule has 0 aromatic carbocycles. The predicted molar refractivity (Wildman–Crippen MR) is 146 cm³/mol. The number of rotatable bonds is 10. The third-order valence-corrected chi connectivity index (χ3v) is 11.5. The van der Waals surface area contributed by atoms with Crippen LogP contribution in [0.5, 0.6) is 0 Å². The number of fused-ring (bicyclic) bond motifs is 5. The minimum absolute atomic E-state index is 0.0352. The molecule has 1 aliphatic heterocycles. The van der Waals surface area contributed by atoms with Crippen molar-refractivity contribution < 1.29 is 23.7 Å². The van der Waals surface area contributed by atoms with Crippen LogP contribution in [0.1, 0.15) is 65.7 Å². The largest absolute Gasteiger partial charge is 0.374 e. The number of hydrogen-bond acceptors (Lipinski definition) is 5. The van der Waals surface area contributed by atoms with Crippen molar-refractivity contribution in [2.45, 2.75) is 89.8 Å². The average Bonchev–Trinajstić information content (AvgIpc) is 3.49. The second kappa shape index (κ2) is 10.9. The van der Waals surface area contributed by atoms with Crippen LogP contribution in [0, 0.1) is 40.4 Å². The minimum atomic E-state index is -0.536. The van der Waals surface area contributed by atoms with E-state index in [9.17, 15) is 0 Å². The van der Waals surface area contributed by atoms with Crippen LogP contribution in [-0.4, -0.2) is 57.1 Å². The molecule has 0 amide bonds. The molecule has 0 radical (unpaired) electrons. The maximum atomic E-state index is 6.73. The Labute approximate surface area is 225 Å². The Bertz CT molecular complexity index is 835. The normalized spacial score (nSPS) is 46.5. The third-order valence-electron chi connectivity index (χ3n) is 11.5. The van der Waals surface area contributed by atoms with Gasteiger partial charge in [-0.05, 0) is 81.0 Å². The van der Waals surface area contributed by atoms with Gasteiger partial charge in [-0.25, -0.2) is 0 Å². The highest BCUT2D eigenvalue weighted by Gasteiger charge is 2.69. The van der Waals surface area contributed by atoms with Gasteiger partial charge < -0.3 is 23.7 Å². The van der Waals surface area contributed by atoms with E-state index in [1.54, 1.807) is 0 Å². The molecule has 5 heteroatoms. The molecule has 2 unspecified atom stereocenters. The molecular formula is C32H50O5. The van der Waals surface area contributed by atoms with Crippen LogP contribution < -0.4 is 0 Å². The predicted octanol–water partition coefficient (Wildman–Crippen LogP) is 6.34. The molecule has 0 spiro atoms. The maximum absolute atomic E-state index is 6.73. The van der Waals surface area contributed by atoms with Crippen molar-refractivity contribution in [1.29, 1.82) is 0 Å². The molecule has 1 heterocycles. The van der Waals surface area contributed by atoms with Crippen molar-refractivity contribution in [2.24, 2.45) is 40.4 Å². The first-order valence-corrected chi connectivity index (χ1v) is 14.8. The summed E-state index contributed by atoms with van der Waals surface area (Å²) in [4.78, 5) is 0. The molecule has 37 heavy (non-hydrogen) atoms. The van der Waals surface area contributed by atoms with E-state index in [4.69, 9.17) is 23.7 Å². The first kappa shape index (κ1) is 27.6. The summed E-state index contributed by atoms with van der Waals surface area (Å²) in [7, 11) is 0. The lowest BCUT2D eigenvalue weighted by Gasteiger charge is -2.65. The SMILES string of the molecule is C=CCO[C@@H]1CC[C@@]2(C)C(C1)C[C@@H](OCC=C)C1[C@@H]3CC[C@H](C4(C)OCCO4)[C@@]3(C)[C@@H](OCC=C)C[C@@H]12. The first-order valence-electron chi connectivity index (χ1n) is 14.8. The van der Waals surface area contributed by atoms with Gasteiger partial charge in [0.25, 0.3) is 0 Å². The van der Waals surface area contributed by atoms with Gasteiger partial charge in [0.05, 0.1) is 51.3 Å². The van der Waals surface area contributed by atoms with E-state index in [1.807, 2.05) is 18.2 Å². The van der Waals surface area contributed by atoms with Crippen molar-refractivity contribution >= 4 is 0 Å². The summed E-state index contributed by atoms with van der Waals surface area (Å²) < 4.78 is 32.2. The summed E-state index contributed by atoms with van der Waals surface area (Å²) in [6.45, 7) is 22.2. The molecule has 4 aliphatic carbocycles. The van der Waals surface area contributed by atoms with Gasteiger partial charge in [-0.1, -0.05) is 32.1 Å². The van der Waals surface area contributed by atoms with E-state index in [0.29, 0.717) is 68.7 Å². The Balaban J connectivity index is 1.50. The monoisotopic (exact) mass is 514 g/mol. The molecule has 0 aromatic heterocycles. The van der Waals surface area contributed by atoms with Crippen LogP contribution in [0.3, 0.4) is 0 Å². The van der Waals surface area contributed by atoms with Gasteiger partial charge >= 0.3 is 0 Å². The molecule has 5 nitrogen and oxygen atoms in total. The van der Waals surface area contributed by atoms with Gasteiger partial charge in [0, 0.05) is 11.3 Å². The topological polar surface area (TPSA) is 46.2 Å². The van der Waals surface area contributed by atoms with E-state index in [1.165, 1.54) is 12.8 Å². The summed E-state index contributed by atoms with van der Waals surface area (Å²) in [5.74, 6) is 1.94. The maximum Gasteiger partial charge on any atom is 0.169 e. The Morgan fingerprint density at radius 3 is 2.16 bits per heavy atom. The van der Waals surface area contributed by atoms with Gasteiger partial charge in [-0.3, -0.25) is 0 Å². The number of ether oxygens (including phenoxy) is 5. The van der Waals surface area contributed by atoms with Crippen LogP contribution in [0.25, 0.3) is 0 Å². The van der Waals surface area contributed by atoms with Gasteiger partial charge in [0.15, 0.2) is 5.79 Å². The summed E-state index contributed by atoms with van der Waals surface area (Å²) in [6, 6.07) is 0. The second-order valence-corrected chi connectivity index (χ2v) is 13.0. The zero-order chi connectivity index (χ0) is 26.3. The molecule has 10 atom stereocenters. The van der Waals surface area contributed by atoms with Crippen molar-refractivity contribution in [2.75, 3.05) is 33.0 Å². The highest BCUT2D eigenvalue weighted by Crippen LogP contribution is 2.70. The van der Waals surface area contributed by atoms with Crippen molar-refractivity contribution in [1.82, 2.24) is 0 Å². The quantitative estimate of drug-likeness (QED) is 0.318. The smallest absolute Gasteiger partial charge is 0.169 e. The van der Waals surface area contributed by atoms with Gasteiger partial charge in [0.1, 0.15) is 0 Å². The van der Waals surface area contributed by atoms with Crippen LogP contribution in [0.4, 0.5) is 0 Å². The van der Waals surface area contributed by atoms with E-state index in [-0.39, 0.29) is 23.0 Å². The summed E-state index contributed by atoms with van der Waals surface area (Å²) >= 11 is 0. The fourth-order valence-corrected chi connectivity index (χ4v) is 9.83. The molecule has 0 aromatic rings. The van der Waals surface area contributed by atoms with E-state index >= 15 is 0 Å². The van der Waals surface area contributed by atoms with Crippen LogP contribution in [-0.2, 0) is 23.7 Å². The zero-order valence-corrected chi connectivity index (χ0v) is 23.5. The fraction of sp³-hybridized carbons (Fsp3) is 0.812. The van der Waals surface area contributed by atoms with E-state index in [2.05, 4.69) is 40.5 Å². The van der Waals surface area contributed by atoms with Gasteiger partial charge in [0.2, 0.25) is 0 Å². The van der Waals surface area contributed by atoms with Crippen LogP contribution >= 0.6 is 0 Å². The molecule has 208 valence electrons. The molecular weight excluding hydrogens is 464 g/mol. The summed E-state index contributed by atoms with van der Waals surface area (Å²) in [5.41, 5.74) is 0.235. The lowest BCUT2D eigenvalue weighted by atomic mass is 9.43.